The van der Waals surface area contributed by atoms with Crippen LogP contribution in [0.1, 0.15) is 26.5 Å². The Bertz CT molecular complexity index is 1510. The number of rotatable bonds is 5. The molecule has 9 nitrogen and oxygen atoms in total. The number of nitrogens with zero attached hydrogens (tertiary/aromatic N) is 4. The van der Waals surface area contributed by atoms with Crippen molar-refractivity contribution in [3.63, 3.8) is 0 Å². The number of nitrogens with one attached hydrogen (secondary N) is 4. The second-order valence-corrected chi connectivity index (χ2v) is 9.30. The highest BCUT2D eigenvalue weighted by atomic mass is 19.1. The van der Waals surface area contributed by atoms with E-state index in [1.165, 1.54) is 18.5 Å². The van der Waals surface area contributed by atoms with Crippen LogP contribution in [0.2, 0.25) is 0 Å². The number of hydrogen-bond donors (Lipinski definition) is 4. The van der Waals surface area contributed by atoms with Crippen molar-refractivity contribution in [2.24, 2.45) is 0 Å². The zero-order chi connectivity index (χ0) is 25.3. The van der Waals surface area contributed by atoms with Crippen LogP contribution in [0.25, 0.3) is 16.7 Å². The molecule has 182 valence electrons. The van der Waals surface area contributed by atoms with E-state index in [2.05, 4.69) is 36.0 Å². The quantitative estimate of drug-likeness (QED) is 0.246. The largest absolute Gasteiger partial charge is 0.346 e. The zero-order valence-corrected chi connectivity index (χ0v) is 20.0. The Balaban J connectivity index is 1.30. The third-order valence-corrected chi connectivity index (χ3v) is 5.55. The molecular formula is C26H25FN8O. The van der Waals surface area contributed by atoms with Crippen molar-refractivity contribution in [2.45, 2.75) is 26.2 Å². The smallest absolute Gasteiger partial charge is 0.324 e. The number of hydrogen-bond acceptors (Lipinski definition) is 5. The second-order valence-electron chi connectivity index (χ2n) is 9.30. The number of amides is 2. The predicted octanol–water partition coefficient (Wildman–Crippen LogP) is 5.97. The van der Waals surface area contributed by atoms with E-state index < -0.39 is 6.03 Å². The summed E-state index contributed by atoms with van der Waals surface area (Å²) in [5, 5.41) is 14.5. The molecule has 0 atom stereocenters. The topological polar surface area (TPSA) is 113 Å². The molecule has 3 aromatic heterocycles. The van der Waals surface area contributed by atoms with Gasteiger partial charge >= 0.3 is 6.03 Å². The molecule has 5 aromatic rings. The maximum absolute atomic E-state index is 13.4. The second kappa shape index (κ2) is 9.14. The number of carbonyl (C=O) groups excluding carboxylic acids is 1. The van der Waals surface area contributed by atoms with Gasteiger partial charge in [-0.05, 0) is 54.6 Å². The molecule has 5 rings (SSSR count). The van der Waals surface area contributed by atoms with E-state index in [1.807, 2.05) is 51.2 Å². The van der Waals surface area contributed by atoms with Crippen molar-refractivity contribution in [1.82, 2.24) is 24.7 Å². The minimum absolute atomic E-state index is 0.239. The molecular weight excluding hydrogens is 459 g/mol. The molecule has 0 spiro atoms. The van der Waals surface area contributed by atoms with Crippen molar-refractivity contribution in [3.8, 4) is 5.69 Å². The summed E-state index contributed by atoms with van der Waals surface area (Å²) in [7, 11) is 0. The SMILES string of the molecule is CC(C)(C)c1cc(NC(=O)Nc2ccc(Nc3ncnc4[nH]ccc34)cc2)n(-c2ccc(F)cc2)n1. The van der Waals surface area contributed by atoms with Crippen molar-refractivity contribution >= 4 is 40.1 Å². The highest BCUT2D eigenvalue weighted by Gasteiger charge is 2.21. The summed E-state index contributed by atoms with van der Waals surface area (Å²) in [5.41, 5.74) is 3.36. The lowest BCUT2D eigenvalue weighted by atomic mass is 9.92. The molecule has 3 heterocycles. The lowest BCUT2D eigenvalue weighted by Gasteiger charge is -2.14. The van der Waals surface area contributed by atoms with Crippen LogP contribution in [0.5, 0.6) is 0 Å². The number of fused-ring (bicyclic) bond motifs is 1. The van der Waals surface area contributed by atoms with Crippen LogP contribution in [0, 0.1) is 5.82 Å². The van der Waals surface area contributed by atoms with E-state index in [1.54, 1.807) is 28.9 Å². The van der Waals surface area contributed by atoms with Gasteiger partial charge in [0, 0.05) is 29.1 Å². The molecule has 0 saturated carbocycles. The first-order valence-electron chi connectivity index (χ1n) is 11.4. The molecule has 0 aliphatic heterocycles. The average Bonchev–Trinajstić information content (AvgIpc) is 3.49. The molecule has 0 saturated heterocycles. The summed E-state index contributed by atoms with van der Waals surface area (Å²) in [6.45, 7) is 6.10. The third-order valence-electron chi connectivity index (χ3n) is 5.55. The van der Waals surface area contributed by atoms with Gasteiger partial charge in [-0.15, -0.1) is 0 Å². The maximum Gasteiger partial charge on any atom is 0.324 e. The Labute approximate surface area is 206 Å². The highest BCUT2D eigenvalue weighted by Crippen LogP contribution is 2.27. The number of H-pyrrole nitrogens is 1. The molecule has 10 heteroatoms. The lowest BCUT2D eigenvalue weighted by molar-refractivity contribution is 0.262. The van der Waals surface area contributed by atoms with Crippen LogP contribution in [-0.2, 0) is 5.41 Å². The molecule has 2 amide bonds. The Morgan fingerprint density at radius 1 is 0.944 bits per heavy atom. The Hall–Kier alpha value is -4.73. The van der Waals surface area contributed by atoms with Crippen molar-refractivity contribution in [3.05, 3.63) is 84.7 Å². The molecule has 0 aliphatic rings. The summed E-state index contributed by atoms with van der Waals surface area (Å²) in [6.07, 6.45) is 3.30. The lowest BCUT2D eigenvalue weighted by Crippen LogP contribution is -2.21. The Morgan fingerprint density at radius 2 is 1.67 bits per heavy atom. The van der Waals surface area contributed by atoms with E-state index >= 15 is 0 Å². The monoisotopic (exact) mass is 484 g/mol. The van der Waals surface area contributed by atoms with Crippen LogP contribution in [0.15, 0.2) is 73.2 Å². The number of aromatic amines is 1. The minimum atomic E-state index is -0.427. The molecule has 0 bridgehead atoms. The summed E-state index contributed by atoms with van der Waals surface area (Å²) >= 11 is 0. The Morgan fingerprint density at radius 3 is 2.39 bits per heavy atom. The van der Waals surface area contributed by atoms with Gasteiger partial charge in [0.15, 0.2) is 0 Å². The van der Waals surface area contributed by atoms with Gasteiger partial charge in [0.1, 0.15) is 29.4 Å². The molecule has 0 unspecified atom stereocenters. The number of benzene rings is 2. The molecule has 0 radical (unpaired) electrons. The highest BCUT2D eigenvalue weighted by molar-refractivity contribution is 5.99. The summed E-state index contributed by atoms with van der Waals surface area (Å²) in [5.74, 6) is 0.814. The standard InChI is InChI=1S/C26H25FN8O/c1-26(2,3)21-14-22(35(34-21)19-10-4-16(27)5-11-19)33-25(36)32-18-8-6-17(7-9-18)31-24-20-12-13-28-23(20)29-15-30-24/h4-15H,1-3H3,(H2,32,33,36)(H2,28,29,30,31). The van der Waals surface area contributed by atoms with E-state index in [0.29, 0.717) is 23.0 Å². The summed E-state index contributed by atoms with van der Waals surface area (Å²) < 4.78 is 15.0. The van der Waals surface area contributed by atoms with Gasteiger partial charge in [0.05, 0.1) is 16.8 Å². The van der Waals surface area contributed by atoms with Crippen molar-refractivity contribution in [1.29, 1.82) is 0 Å². The fourth-order valence-corrected chi connectivity index (χ4v) is 3.64. The van der Waals surface area contributed by atoms with E-state index in [4.69, 9.17) is 0 Å². The number of carbonyl (C=O) groups is 1. The first-order valence-corrected chi connectivity index (χ1v) is 11.4. The van der Waals surface area contributed by atoms with Crippen molar-refractivity contribution in [2.75, 3.05) is 16.0 Å². The number of halogens is 1. The van der Waals surface area contributed by atoms with Crippen LogP contribution < -0.4 is 16.0 Å². The Kier molecular flexibility index (Phi) is 5.85. The van der Waals surface area contributed by atoms with E-state index in [-0.39, 0.29) is 11.2 Å². The molecule has 36 heavy (non-hydrogen) atoms. The van der Waals surface area contributed by atoms with Crippen LogP contribution in [0.4, 0.5) is 32.2 Å². The first-order chi connectivity index (χ1) is 17.3. The summed E-state index contributed by atoms with van der Waals surface area (Å²) in [4.78, 5) is 24.3. The number of aromatic nitrogens is 5. The van der Waals surface area contributed by atoms with Gasteiger partial charge < -0.3 is 15.6 Å². The van der Waals surface area contributed by atoms with Crippen molar-refractivity contribution < 1.29 is 9.18 Å². The number of anilines is 4. The molecule has 2 aromatic carbocycles. The van der Waals surface area contributed by atoms with E-state index in [0.717, 1.165) is 22.4 Å². The normalized spacial score (nSPS) is 11.4. The van der Waals surface area contributed by atoms with E-state index in [9.17, 15) is 9.18 Å². The van der Waals surface area contributed by atoms with Gasteiger partial charge in [-0.1, -0.05) is 20.8 Å². The number of urea groups is 1. The molecule has 4 N–H and O–H groups in total. The van der Waals surface area contributed by atoms with Crippen LogP contribution in [0.3, 0.4) is 0 Å². The maximum atomic E-state index is 13.4. The minimum Gasteiger partial charge on any atom is -0.346 e. The molecule has 0 aliphatic carbocycles. The first kappa shape index (κ1) is 23.0. The third kappa shape index (κ3) is 4.88. The van der Waals surface area contributed by atoms with Crippen LogP contribution >= 0.6 is 0 Å². The average molecular weight is 485 g/mol. The summed E-state index contributed by atoms with van der Waals surface area (Å²) in [6, 6.07) is 16.5. The van der Waals surface area contributed by atoms with Gasteiger partial charge in [-0.2, -0.15) is 5.10 Å². The van der Waals surface area contributed by atoms with Gasteiger partial charge in [0.25, 0.3) is 0 Å². The fourth-order valence-electron chi connectivity index (χ4n) is 3.64. The molecule has 0 fully saturated rings. The fraction of sp³-hybridized carbons (Fsp3) is 0.154. The van der Waals surface area contributed by atoms with Gasteiger partial charge in [0.2, 0.25) is 0 Å². The van der Waals surface area contributed by atoms with Gasteiger partial charge in [-0.25, -0.2) is 23.8 Å². The van der Waals surface area contributed by atoms with Gasteiger partial charge in [-0.3, -0.25) is 5.32 Å². The predicted molar refractivity (Wildman–Crippen MR) is 138 cm³/mol. The zero-order valence-electron chi connectivity index (χ0n) is 20.0. The van der Waals surface area contributed by atoms with Crippen LogP contribution in [-0.4, -0.2) is 30.8 Å².